The van der Waals surface area contributed by atoms with E-state index in [1.807, 2.05) is 57.2 Å². The molecule has 0 saturated heterocycles. The van der Waals surface area contributed by atoms with Crippen LogP contribution in [-0.2, 0) is 22.0 Å². The molecule has 59 heavy (non-hydrogen) atoms. The van der Waals surface area contributed by atoms with Gasteiger partial charge in [0.15, 0.2) is 0 Å². The van der Waals surface area contributed by atoms with Crippen LogP contribution in [0.15, 0.2) is 84.5 Å². The summed E-state index contributed by atoms with van der Waals surface area (Å²) in [5.41, 5.74) is -4.48. The molecule has 0 nitrogen and oxygen atoms in total. The maximum Gasteiger partial charge on any atom is 0.380 e. The van der Waals surface area contributed by atoms with E-state index in [-0.39, 0.29) is 32.1 Å². The Kier molecular flexibility index (Phi) is 13.6. The van der Waals surface area contributed by atoms with Crippen LogP contribution in [0.3, 0.4) is 0 Å². The summed E-state index contributed by atoms with van der Waals surface area (Å²) < 4.78 is 97.9. The Morgan fingerprint density at radius 3 is 1.76 bits per heavy atom. The predicted molar refractivity (Wildman–Crippen MR) is 253 cm³/mol. The minimum Gasteiger partial charge on any atom is -0.194 e. The number of halogens is 6. The summed E-state index contributed by atoms with van der Waals surface area (Å²) in [6, 6.07) is 13.1. The summed E-state index contributed by atoms with van der Waals surface area (Å²) >= 11 is 8.29. The van der Waals surface area contributed by atoms with Crippen molar-refractivity contribution in [1.82, 2.24) is 0 Å². The standard InChI is InChI=1S/C47H54F6S6/c1-27(24-33(30-18-21-36(57-30)43(8,9)10)55-26-28-17-20-35(56-28)42(5,6)7)38-39(46(50,51)47(52,53)45(38,48)49)29-25-34(31-19-22-37(58-31)44(11,12)13)59-40(29)32(54-14)16-15-23-41(2,3)4/h15-25H,1,26H2,2-14H3/b23-15+,32-16-,33-24-. The Labute approximate surface area is 371 Å². The highest BCUT2D eigenvalue weighted by molar-refractivity contribution is 8.08. The first kappa shape index (κ1) is 47.8. The van der Waals surface area contributed by atoms with Gasteiger partial charge in [-0.15, -0.1) is 68.9 Å². The van der Waals surface area contributed by atoms with Gasteiger partial charge in [0.05, 0.1) is 0 Å². The van der Waals surface area contributed by atoms with Crippen molar-refractivity contribution < 1.29 is 26.3 Å². The van der Waals surface area contributed by atoms with Gasteiger partial charge in [-0.2, -0.15) is 26.3 Å². The Morgan fingerprint density at radius 1 is 0.678 bits per heavy atom. The van der Waals surface area contributed by atoms with Gasteiger partial charge in [-0.1, -0.05) is 102 Å². The highest BCUT2D eigenvalue weighted by atomic mass is 32.2. The summed E-state index contributed by atoms with van der Waals surface area (Å²) in [6.45, 7) is 28.6. The summed E-state index contributed by atoms with van der Waals surface area (Å²) in [5, 5.41) is 0. The second-order valence-electron chi connectivity index (χ2n) is 19.0. The molecule has 5 rings (SSSR count). The van der Waals surface area contributed by atoms with Crippen molar-refractivity contribution in [2.45, 2.75) is 123 Å². The molecule has 12 heteroatoms. The zero-order valence-corrected chi connectivity index (χ0v) is 40.9. The van der Waals surface area contributed by atoms with Crippen LogP contribution in [-0.4, -0.2) is 24.0 Å². The minimum absolute atomic E-state index is 0.0732. The van der Waals surface area contributed by atoms with Crippen LogP contribution in [0.25, 0.3) is 25.1 Å². The van der Waals surface area contributed by atoms with Gasteiger partial charge in [0.2, 0.25) is 0 Å². The first-order valence-electron chi connectivity index (χ1n) is 19.2. The molecule has 0 unspecified atom stereocenters. The molecule has 0 aliphatic heterocycles. The number of rotatable bonds is 11. The van der Waals surface area contributed by atoms with Crippen LogP contribution >= 0.6 is 68.9 Å². The summed E-state index contributed by atoms with van der Waals surface area (Å²) in [5.74, 6) is -15.7. The normalized spacial score (nSPS) is 17.8. The van der Waals surface area contributed by atoms with E-state index in [9.17, 15) is 0 Å². The lowest BCUT2D eigenvalue weighted by Crippen LogP contribution is -2.49. The van der Waals surface area contributed by atoms with Gasteiger partial charge in [0.25, 0.3) is 0 Å². The Balaban J connectivity index is 1.77. The van der Waals surface area contributed by atoms with Crippen LogP contribution in [0.4, 0.5) is 26.3 Å². The van der Waals surface area contributed by atoms with Crippen molar-refractivity contribution >= 4 is 84.3 Å². The molecule has 0 saturated carbocycles. The number of allylic oxidation sites excluding steroid dienone is 7. The van der Waals surface area contributed by atoms with Crippen molar-refractivity contribution in [3.8, 4) is 9.75 Å². The lowest BCUT2D eigenvalue weighted by Gasteiger charge is -2.26. The smallest absolute Gasteiger partial charge is 0.194 e. The van der Waals surface area contributed by atoms with Crippen molar-refractivity contribution in [3.05, 3.63) is 119 Å². The molecule has 0 amide bonds. The van der Waals surface area contributed by atoms with Crippen LogP contribution in [0.1, 0.15) is 118 Å². The first-order valence-corrected chi connectivity index (χ1v) is 24.7. The molecule has 4 heterocycles. The Hall–Kier alpha value is -2.22. The predicted octanol–water partition coefficient (Wildman–Crippen LogP) is 18.0. The zero-order chi connectivity index (χ0) is 44.3. The molecule has 0 aromatic carbocycles. The summed E-state index contributed by atoms with van der Waals surface area (Å²) in [7, 11) is 0. The van der Waals surface area contributed by atoms with E-state index in [0.717, 1.165) is 30.8 Å². The van der Waals surface area contributed by atoms with Gasteiger partial charge in [0, 0.05) is 71.3 Å². The van der Waals surface area contributed by atoms with E-state index in [1.54, 1.807) is 29.7 Å². The van der Waals surface area contributed by atoms with E-state index in [0.29, 0.717) is 25.3 Å². The average Bonchev–Trinajstić information content (AvgIpc) is 3.92. The van der Waals surface area contributed by atoms with E-state index in [4.69, 9.17) is 0 Å². The fraction of sp³-hybridized carbons (Fsp3) is 0.447. The zero-order valence-electron chi connectivity index (χ0n) is 36.0. The fourth-order valence-corrected chi connectivity index (χ4v) is 12.7. The third-order valence-electron chi connectivity index (χ3n) is 9.53. The third kappa shape index (κ3) is 10.0. The molecule has 4 aromatic rings. The van der Waals surface area contributed by atoms with Gasteiger partial charge >= 0.3 is 17.8 Å². The maximum atomic E-state index is 16.6. The molecular weight excluding hydrogens is 871 g/mol. The molecule has 4 aromatic heterocycles. The first-order chi connectivity index (χ1) is 26.9. The van der Waals surface area contributed by atoms with E-state index >= 15 is 26.3 Å². The molecule has 1 aliphatic carbocycles. The number of alkyl halides is 6. The van der Waals surface area contributed by atoms with Crippen LogP contribution in [0.2, 0.25) is 0 Å². The van der Waals surface area contributed by atoms with Crippen LogP contribution in [0.5, 0.6) is 0 Å². The highest BCUT2D eigenvalue weighted by Gasteiger charge is 2.80. The van der Waals surface area contributed by atoms with Gasteiger partial charge in [-0.05, 0) is 88.1 Å². The Bertz CT molecular complexity index is 2310. The highest BCUT2D eigenvalue weighted by Crippen LogP contribution is 2.65. The van der Waals surface area contributed by atoms with E-state index in [1.165, 1.54) is 63.2 Å². The van der Waals surface area contributed by atoms with Gasteiger partial charge in [0.1, 0.15) is 0 Å². The SMILES string of the molecule is C=C(/C=C(\SCc1ccc(C(C)(C)C)s1)c1ccc(C(C)(C)C)s1)C1=C(c2cc(-c3ccc(C(C)(C)C)s3)sc2/C(=C/C=C/C(C)(C)C)SC)C(F)(F)C(F)(F)C1(F)F. The molecular formula is C47H54F6S6. The third-order valence-corrected chi connectivity index (χ3v) is 17.8. The van der Waals surface area contributed by atoms with Crippen LogP contribution in [0, 0.1) is 5.41 Å². The minimum atomic E-state index is -5.73. The second kappa shape index (κ2) is 16.8. The Morgan fingerprint density at radius 2 is 1.24 bits per heavy atom. The van der Waals surface area contributed by atoms with Crippen LogP contribution < -0.4 is 0 Å². The van der Waals surface area contributed by atoms with Gasteiger partial charge in [-0.25, -0.2) is 0 Å². The van der Waals surface area contributed by atoms with Gasteiger partial charge < -0.3 is 0 Å². The largest absolute Gasteiger partial charge is 0.380 e. The average molecular weight is 925 g/mol. The second-order valence-corrected chi connectivity index (χ2v) is 25.2. The van der Waals surface area contributed by atoms with Crippen molar-refractivity contribution in [3.63, 3.8) is 0 Å². The molecule has 0 bridgehead atoms. The molecule has 0 N–H and O–H groups in total. The molecule has 0 radical (unpaired) electrons. The quantitative estimate of drug-likeness (QED) is 0.109. The van der Waals surface area contributed by atoms with E-state index < -0.39 is 34.5 Å². The summed E-state index contributed by atoms with van der Waals surface area (Å²) in [6.07, 6.45) is 8.52. The van der Waals surface area contributed by atoms with Gasteiger partial charge in [-0.3, -0.25) is 0 Å². The molecule has 320 valence electrons. The molecule has 0 atom stereocenters. The lowest BCUT2D eigenvalue weighted by atomic mass is 9.94. The number of hydrogen-bond acceptors (Lipinski definition) is 6. The topological polar surface area (TPSA) is 0 Å². The molecule has 1 aliphatic rings. The monoisotopic (exact) mass is 924 g/mol. The lowest BCUT2D eigenvalue weighted by molar-refractivity contribution is -0.259. The van der Waals surface area contributed by atoms with E-state index in [2.05, 4.69) is 75.0 Å². The summed E-state index contributed by atoms with van der Waals surface area (Å²) in [4.78, 5) is 7.41. The number of thiophene rings is 4. The fourth-order valence-electron chi connectivity index (χ4n) is 6.20. The number of thioether (sulfide) groups is 2. The van der Waals surface area contributed by atoms with Crippen molar-refractivity contribution in [1.29, 1.82) is 0 Å². The molecule has 0 spiro atoms. The molecule has 0 fully saturated rings. The number of hydrogen-bond donors (Lipinski definition) is 0. The maximum absolute atomic E-state index is 16.6. The van der Waals surface area contributed by atoms with Crippen molar-refractivity contribution in [2.24, 2.45) is 5.41 Å². The van der Waals surface area contributed by atoms with Crippen molar-refractivity contribution in [2.75, 3.05) is 6.26 Å².